The number of aliphatic hydroxyl groups excluding tert-OH is 1. The first-order valence-corrected chi connectivity index (χ1v) is 5.70. The minimum Gasteiger partial charge on any atom is -0.383 e. The molecule has 1 aliphatic heterocycles. The number of ketones is 1. The normalized spacial score (nSPS) is 20.0. The number of rotatable bonds is 2. The van der Waals surface area contributed by atoms with Crippen molar-refractivity contribution in [1.82, 2.24) is 0 Å². The first kappa shape index (κ1) is 12.5. The third kappa shape index (κ3) is 2.33. The smallest absolute Gasteiger partial charge is 0.269 e. The zero-order chi connectivity index (χ0) is 13.3. The first-order valence-electron chi connectivity index (χ1n) is 5.70. The van der Waals surface area contributed by atoms with Gasteiger partial charge < -0.3 is 10.0 Å². The molecule has 0 amide bonds. The lowest BCUT2D eigenvalue weighted by atomic mass is 10.0. The van der Waals surface area contributed by atoms with Crippen LogP contribution in [-0.2, 0) is 4.79 Å². The van der Waals surface area contributed by atoms with E-state index < -0.39 is 11.0 Å². The molecular formula is C12H14N2O4. The molecular weight excluding hydrogens is 236 g/mol. The molecule has 1 aromatic carbocycles. The Morgan fingerprint density at radius 2 is 2.22 bits per heavy atom. The van der Waals surface area contributed by atoms with Crippen LogP contribution in [0.4, 0.5) is 11.4 Å². The molecule has 1 N–H and O–H groups in total. The Hall–Kier alpha value is -1.95. The van der Waals surface area contributed by atoms with Crippen LogP contribution >= 0.6 is 0 Å². The van der Waals surface area contributed by atoms with Gasteiger partial charge in [-0.3, -0.25) is 14.9 Å². The summed E-state index contributed by atoms with van der Waals surface area (Å²) in [6.45, 7) is 2.57. The zero-order valence-electron chi connectivity index (χ0n) is 10.00. The number of anilines is 1. The summed E-state index contributed by atoms with van der Waals surface area (Å²) < 4.78 is 0. The molecule has 1 unspecified atom stereocenters. The fourth-order valence-electron chi connectivity index (χ4n) is 2.14. The Morgan fingerprint density at radius 1 is 1.50 bits per heavy atom. The molecule has 0 saturated carbocycles. The number of nitro groups is 1. The summed E-state index contributed by atoms with van der Waals surface area (Å²) in [6, 6.07) is 4.60. The Morgan fingerprint density at radius 3 is 2.78 bits per heavy atom. The van der Waals surface area contributed by atoms with E-state index in [1.807, 2.05) is 4.90 Å². The summed E-state index contributed by atoms with van der Waals surface area (Å²) in [5.41, 5.74) is 1.64. The fraction of sp³-hybridized carbons (Fsp3) is 0.417. The van der Waals surface area contributed by atoms with Crippen molar-refractivity contribution in [3.8, 4) is 0 Å². The molecule has 0 aliphatic carbocycles. The van der Waals surface area contributed by atoms with Crippen molar-refractivity contribution in [3.05, 3.63) is 33.9 Å². The van der Waals surface area contributed by atoms with Crippen molar-refractivity contribution in [2.45, 2.75) is 19.4 Å². The van der Waals surface area contributed by atoms with E-state index in [1.54, 1.807) is 13.0 Å². The van der Waals surface area contributed by atoms with Crippen LogP contribution in [0, 0.1) is 17.0 Å². The summed E-state index contributed by atoms with van der Waals surface area (Å²) in [4.78, 5) is 23.3. The van der Waals surface area contributed by atoms with Gasteiger partial charge in [0.1, 0.15) is 6.10 Å². The van der Waals surface area contributed by atoms with Crippen LogP contribution in [0.2, 0.25) is 0 Å². The van der Waals surface area contributed by atoms with Crippen molar-refractivity contribution in [3.63, 3.8) is 0 Å². The maximum Gasteiger partial charge on any atom is 0.269 e. The molecule has 0 bridgehead atoms. The SMILES string of the molecule is Cc1cc([N+](=O)[O-])ccc1N1CCC(=O)C(O)C1. The fourth-order valence-corrected chi connectivity index (χ4v) is 2.14. The third-order valence-electron chi connectivity index (χ3n) is 3.12. The standard InChI is InChI=1S/C12H14N2O4/c1-8-6-9(14(17)18)2-3-10(8)13-5-4-11(15)12(16)7-13/h2-3,6,12,16H,4-5,7H2,1H3. The van der Waals surface area contributed by atoms with Crippen LogP contribution < -0.4 is 4.90 Å². The number of β-amino-alcohol motifs (C(OH)–C–C–N with tert-alkyl or cyclic N) is 1. The average molecular weight is 250 g/mol. The highest BCUT2D eigenvalue weighted by molar-refractivity contribution is 5.85. The maximum atomic E-state index is 11.2. The van der Waals surface area contributed by atoms with E-state index in [4.69, 9.17) is 0 Å². The van der Waals surface area contributed by atoms with E-state index in [-0.39, 0.29) is 18.0 Å². The topological polar surface area (TPSA) is 83.7 Å². The van der Waals surface area contributed by atoms with Gasteiger partial charge in [0.15, 0.2) is 5.78 Å². The molecule has 6 heteroatoms. The average Bonchev–Trinajstić information content (AvgIpc) is 2.32. The molecule has 1 atom stereocenters. The number of hydrogen-bond donors (Lipinski definition) is 1. The number of Topliss-reactive ketones (excluding diaryl/α,β-unsaturated/α-hetero) is 1. The number of nitro benzene ring substituents is 1. The number of carbonyl (C=O) groups is 1. The summed E-state index contributed by atoms with van der Waals surface area (Å²) in [5, 5.41) is 20.2. The highest BCUT2D eigenvalue weighted by Gasteiger charge is 2.26. The molecule has 1 aromatic rings. The monoisotopic (exact) mass is 250 g/mol. The minimum atomic E-state index is -0.964. The second-order valence-corrected chi connectivity index (χ2v) is 4.41. The number of non-ortho nitro benzene ring substituents is 1. The molecule has 96 valence electrons. The van der Waals surface area contributed by atoms with Gasteiger partial charge in [-0.05, 0) is 18.6 Å². The van der Waals surface area contributed by atoms with Crippen LogP contribution in [0.25, 0.3) is 0 Å². The Labute approximate surface area is 104 Å². The summed E-state index contributed by atoms with van der Waals surface area (Å²) in [5.74, 6) is -0.147. The van der Waals surface area contributed by atoms with Gasteiger partial charge in [-0.25, -0.2) is 0 Å². The third-order valence-corrected chi connectivity index (χ3v) is 3.12. The molecule has 2 rings (SSSR count). The van der Waals surface area contributed by atoms with Gasteiger partial charge in [0.25, 0.3) is 5.69 Å². The summed E-state index contributed by atoms with van der Waals surface area (Å²) in [7, 11) is 0. The van der Waals surface area contributed by atoms with Gasteiger partial charge in [0.05, 0.1) is 11.5 Å². The van der Waals surface area contributed by atoms with Crippen LogP contribution in [0.15, 0.2) is 18.2 Å². The van der Waals surface area contributed by atoms with E-state index in [0.717, 1.165) is 11.3 Å². The molecule has 1 saturated heterocycles. The zero-order valence-corrected chi connectivity index (χ0v) is 10.00. The van der Waals surface area contributed by atoms with Gasteiger partial charge in [-0.1, -0.05) is 0 Å². The second-order valence-electron chi connectivity index (χ2n) is 4.41. The van der Waals surface area contributed by atoms with Crippen LogP contribution in [0.5, 0.6) is 0 Å². The molecule has 0 spiro atoms. The van der Waals surface area contributed by atoms with E-state index >= 15 is 0 Å². The molecule has 18 heavy (non-hydrogen) atoms. The number of carbonyl (C=O) groups excluding carboxylic acids is 1. The van der Waals surface area contributed by atoms with E-state index in [1.165, 1.54) is 12.1 Å². The maximum absolute atomic E-state index is 11.2. The lowest BCUT2D eigenvalue weighted by Crippen LogP contribution is -2.44. The quantitative estimate of drug-likeness (QED) is 0.626. The van der Waals surface area contributed by atoms with Gasteiger partial charge in [-0.2, -0.15) is 0 Å². The number of hydrogen-bond acceptors (Lipinski definition) is 5. The Bertz CT molecular complexity index is 501. The van der Waals surface area contributed by atoms with E-state index in [9.17, 15) is 20.0 Å². The molecule has 0 radical (unpaired) electrons. The Balaban J connectivity index is 2.24. The predicted octanol–water partition coefficient (Wildman–Crippen LogP) is 1.04. The Kier molecular flexibility index (Phi) is 3.29. The summed E-state index contributed by atoms with van der Waals surface area (Å²) in [6.07, 6.45) is -0.661. The second kappa shape index (κ2) is 4.73. The number of benzene rings is 1. The van der Waals surface area contributed by atoms with Crippen molar-refractivity contribution < 1.29 is 14.8 Å². The lowest BCUT2D eigenvalue weighted by Gasteiger charge is -2.32. The number of piperidine rings is 1. The van der Waals surface area contributed by atoms with Gasteiger partial charge in [0, 0.05) is 30.8 Å². The largest absolute Gasteiger partial charge is 0.383 e. The van der Waals surface area contributed by atoms with Crippen molar-refractivity contribution >= 4 is 17.2 Å². The van der Waals surface area contributed by atoms with Crippen LogP contribution in [0.3, 0.4) is 0 Å². The minimum absolute atomic E-state index is 0.0462. The van der Waals surface area contributed by atoms with Crippen LogP contribution in [0.1, 0.15) is 12.0 Å². The van der Waals surface area contributed by atoms with Gasteiger partial charge >= 0.3 is 0 Å². The highest BCUT2D eigenvalue weighted by atomic mass is 16.6. The molecule has 0 aromatic heterocycles. The van der Waals surface area contributed by atoms with Crippen molar-refractivity contribution in [2.24, 2.45) is 0 Å². The molecule has 1 fully saturated rings. The number of nitrogens with zero attached hydrogens (tertiary/aromatic N) is 2. The molecule has 1 aliphatic rings. The predicted molar refractivity (Wildman–Crippen MR) is 65.7 cm³/mol. The number of aryl methyl sites for hydroxylation is 1. The highest BCUT2D eigenvalue weighted by Crippen LogP contribution is 2.26. The van der Waals surface area contributed by atoms with Gasteiger partial charge in [0.2, 0.25) is 0 Å². The van der Waals surface area contributed by atoms with Crippen molar-refractivity contribution in [1.29, 1.82) is 0 Å². The summed E-state index contributed by atoms with van der Waals surface area (Å²) >= 11 is 0. The van der Waals surface area contributed by atoms with E-state index in [2.05, 4.69) is 0 Å². The van der Waals surface area contributed by atoms with Crippen molar-refractivity contribution in [2.75, 3.05) is 18.0 Å². The first-order chi connectivity index (χ1) is 8.49. The van der Waals surface area contributed by atoms with Gasteiger partial charge in [-0.15, -0.1) is 0 Å². The molecule has 1 heterocycles. The molecule has 6 nitrogen and oxygen atoms in total. The number of aliphatic hydroxyl groups is 1. The van der Waals surface area contributed by atoms with E-state index in [0.29, 0.717) is 13.0 Å². The van der Waals surface area contributed by atoms with Crippen LogP contribution in [-0.4, -0.2) is 35.0 Å². The lowest BCUT2D eigenvalue weighted by molar-refractivity contribution is -0.384.